The van der Waals surface area contributed by atoms with Crippen molar-refractivity contribution >= 4 is 21.6 Å². The third-order valence-corrected chi connectivity index (χ3v) is 6.45. The van der Waals surface area contributed by atoms with Gasteiger partial charge in [0.25, 0.3) is 10.0 Å². The molecule has 1 heterocycles. The standard InChI is InChI=1S/C23H25N3O4S/c1-17-7-6-9-20(13-17)26(16-23(27)25-15-19-8-4-5-12-24-19)31(28,29)22-14-18(2)10-11-21(22)30-3/h4-14H,15-16H2,1-3H3,(H,25,27). The van der Waals surface area contributed by atoms with Crippen molar-refractivity contribution < 1.29 is 17.9 Å². The van der Waals surface area contributed by atoms with Gasteiger partial charge in [0.2, 0.25) is 5.91 Å². The Kier molecular flexibility index (Phi) is 6.91. The third kappa shape index (κ3) is 5.40. The predicted molar refractivity (Wildman–Crippen MR) is 120 cm³/mol. The van der Waals surface area contributed by atoms with Crippen LogP contribution in [0.1, 0.15) is 16.8 Å². The summed E-state index contributed by atoms with van der Waals surface area (Å²) in [4.78, 5) is 16.9. The van der Waals surface area contributed by atoms with Gasteiger partial charge in [-0.3, -0.25) is 14.1 Å². The molecule has 1 amide bonds. The molecule has 1 aromatic heterocycles. The number of rotatable bonds is 8. The number of carbonyl (C=O) groups excluding carboxylic acids is 1. The molecule has 0 saturated carbocycles. The Labute approximate surface area is 182 Å². The highest BCUT2D eigenvalue weighted by molar-refractivity contribution is 7.93. The number of methoxy groups -OCH3 is 1. The number of pyridine rings is 1. The minimum Gasteiger partial charge on any atom is -0.495 e. The number of ether oxygens (including phenoxy) is 1. The summed E-state index contributed by atoms with van der Waals surface area (Å²) >= 11 is 0. The van der Waals surface area contributed by atoms with Gasteiger partial charge in [-0.25, -0.2) is 8.42 Å². The van der Waals surface area contributed by atoms with Crippen LogP contribution >= 0.6 is 0 Å². The van der Waals surface area contributed by atoms with E-state index in [1.54, 1.807) is 61.7 Å². The van der Waals surface area contributed by atoms with Crippen molar-refractivity contribution in [1.29, 1.82) is 0 Å². The summed E-state index contributed by atoms with van der Waals surface area (Å²) < 4.78 is 33.7. The molecule has 7 nitrogen and oxygen atoms in total. The number of carbonyl (C=O) groups is 1. The first-order valence-corrected chi connectivity index (χ1v) is 11.2. The average molecular weight is 440 g/mol. The number of nitrogens with one attached hydrogen (secondary N) is 1. The van der Waals surface area contributed by atoms with E-state index in [-0.39, 0.29) is 23.7 Å². The Morgan fingerprint density at radius 1 is 1.03 bits per heavy atom. The molecule has 3 aromatic rings. The largest absolute Gasteiger partial charge is 0.495 e. The smallest absolute Gasteiger partial charge is 0.268 e. The van der Waals surface area contributed by atoms with E-state index in [0.717, 1.165) is 15.4 Å². The van der Waals surface area contributed by atoms with E-state index in [0.29, 0.717) is 11.4 Å². The van der Waals surface area contributed by atoms with E-state index in [1.807, 2.05) is 19.1 Å². The SMILES string of the molecule is COc1ccc(C)cc1S(=O)(=O)N(CC(=O)NCc1ccccn1)c1cccc(C)c1. The maximum absolute atomic E-state index is 13.6. The summed E-state index contributed by atoms with van der Waals surface area (Å²) in [5, 5.41) is 2.74. The Morgan fingerprint density at radius 3 is 2.48 bits per heavy atom. The highest BCUT2D eigenvalue weighted by Crippen LogP contribution is 2.31. The molecular weight excluding hydrogens is 414 g/mol. The summed E-state index contributed by atoms with van der Waals surface area (Å²) in [6, 6.07) is 17.3. The lowest BCUT2D eigenvalue weighted by Gasteiger charge is -2.25. The van der Waals surface area contributed by atoms with Crippen molar-refractivity contribution in [3.8, 4) is 5.75 Å². The Bertz CT molecular complexity index is 1160. The van der Waals surface area contributed by atoms with Gasteiger partial charge in [-0.15, -0.1) is 0 Å². The van der Waals surface area contributed by atoms with Crippen LogP contribution < -0.4 is 14.4 Å². The third-order valence-electron chi connectivity index (χ3n) is 4.66. The summed E-state index contributed by atoms with van der Waals surface area (Å²) in [6.07, 6.45) is 1.63. The number of hydrogen-bond donors (Lipinski definition) is 1. The second-order valence-electron chi connectivity index (χ2n) is 7.10. The minimum atomic E-state index is -4.08. The van der Waals surface area contributed by atoms with Crippen molar-refractivity contribution in [3.05, 3.63) is 83.7 Å². The summed E-state index contributed by atoms with van der Waals surface area (Å²) in [7, 11) is -2.67. The number of amides is 1. The molecule has 8 heteroatoms. The monoisotopic (exact) mass is 439 g/mol. The lowest BCUT2D eigenvalue weighted by molar-refractivity contribution is -0.119. The first kappa shape index (κ1) is 22.3. The molecule has 0 bridgehead atoms. The van der Waals surface area contributed by atoms with E-state index < -0.39 is 15.9 Å². The zero-order valence-corrected chi connectivity index (χ0v) is 18.5. The van der Waals surface area contributed by atoms with Crippen molar-refractivity contribution in [2.75, 3.05) is 18.0 Å². The highest BCUT2D eigenvalue weighted by atomic mass is 32.2. The number of anilines is 1. The molecule has 31 heavy (non-hydrogen) atoms. The summed E-state index contributed by atoms with van der Waals surface area (Å²) in [6.45, 7) is 3.49. The minimum absolute atomic E-state index is 0.00836. The van der Waals surface area contributed by atoms with Gasteiger partial charge < -0.3 is 10.1 Å². The first-order valence-electron chi connectivity index (χ1n) is 9.72. The van der Waals surface area contributed by atoms with Gasteiger partial charge in [-0.2, -0.15) is 0 Å². The first-order chi connectivity index (χ1) is 14.8. The van der Waals surface area contributed by atoms with E-state index in [4.69, 9.17) is 4.74 Å². The van der Waals surface area contributed by atoms with Gasteiger partial charge in [0.1, 0.15) is 17.2 Å². The maximum atomic E-state index is 13.6. The molecule has 0 aliphatic heterocycles. The predicted octanol–water partition coefficient (Wildman–Crippen LogP) is 3.22. The normalized spacial score (nSPS) is 11.1. The molecule has 0 atom stereocenters. The zero-order chi connectivity index (χ0) is 22.4. The topological polar surface area (TPSA) is 88.6 Å². The van der Waals surface area contributed by atoms with Crippen molar-refractivity contribution in [2.45, 2.75) is 25.3 Å². The van der Waals surface area contributed by atoms with Gasteiger partial charge in [0.05, 0.1) is 25.0 Å². The van der Waals surface area contributed by atoms with Crippen LogP contribution in [0, 0.1) is 13.8 Å². The number of aryl methyl sites for hydroxylation is 2. The van der Waals surface area contributed by atoms with Crippen molar-refractivity contribution in [3.63, 3.8) is 0 Å². The molecule has 0 aliphatic rings. The fourth-order valence-corrected chi connectivity index (χ4v) is 4.74. The molecule has 162 valence electrons. The van der Waals surface area contributed by atoms with E-state index in [2.05, 4.69) is 10.3 Å². The van der Waals surface area contributed by atoms with E-state index in [9.17, 15) is 13.2 Å². The Morgan fingerprint density at radius 2 is 1.81 bits per heavy atom. The Hall–Kier alpha value is -3.39. The van der Waals surface area contributed by atoms with Crippen LogP contribution in [0.5, 0.6) is 5.75 Å². The lowest BCUT2D eigenvalue weighted by Crippen LogP contribution is -2.41. The average Bonchev–Trinajstić information content (AvgIpc) is 2.76. The molecule has 0 aliphatic carbocycles. The van der Waals surface area contributed by atoms with Crippen LogP contribution in [0.4, 0.5) is 5.69 Å². The molecule has 3 rings (SSSR count). The molecule has 2 aromatic carbocycles. The number of benzene rings is 2. The fraction of sp³-hybridized carbons (Fsp3) is 0.217. The molecule has 0 unspecified atom stereocenters. The van der Waals surface area contributed by atoms with Crippen LogP contribution in [-0.4, -0.2) is 33.0 Å². The number of sulfonamides is 1. The zero-order valence-electron chi connectivity index (χ0n) is 17.7. The van der Waals surface area contributed by atoms with Gasteiger partial charge >= 0.3 is 0 Å². The summed E-state index contributed by atoms with van der Waals surface area (Å²) in [5.41, 5.74) is 2.73. The molecule has 0 fully saturated rings. The van der Waals surface area contributed by atoms with Crippen LogP contribution in [-0.2, 0) is 21.4 Å². The second-order valence-corrected chi connectivity index (χ2v) is 8.93. The van der Waals surface area contributed by atoms with E-state index in [1.165, 1.54) is 7.11 Å². The van der Waals surface area contributed by atoms with Gasteiger partial charge in [0, 0.05) is 6.20 Å². The molecule has 0 radical (unpaired) electrons. The Balaban J connectivity index is 1.95. The van der Waals surface area contributed by atoms with Crippen LogP contribution in [0.15, 0.2) is 71.8 Å². The maximum Gasteiger partial charge on any atom is 0.268 e. The summed E-state index contributed by atoms with van der Waals surface area (Å²) in [5.74, 6) is -0.223. The van der Waals surface area contributed by atoms with Crippen LogP contribution in [0.25, 0.3) is 0 Å². The molecule has 0 saturated heterocycles. The van der Waals surface area contributed by atoms with Gasteiger partial charge in [-0.1, -0.05) is 24.3 Å². The highest BCUT2D eigenvalue weighted by Gasteiger charge is 2.30. The lowest BCUT2D eigenvalue weighted by atomic mass is 10.2. The number of hydrogen-bond acceptors (Lipinski definition) is 5. The number of aromatic nitrogens is 1. The second kappa shape index (κ2) is 9.61. The van der Waals surface area contributed by atoms with Gasteiger partial charge in [0.15, 0.2) is 0 Å². The van der Waals surface area contributed by atoms with Crippen LogP contribution in [0.3, 0.4) is 0 Å². The van der Waals surface area contributed by atoms with Crippen molar-refractivity contribution in [2.24, 2.45) is 0 Å². The molecular formula is C23H25N3O4S. The molecule has 0 spiro atoms. The quantitative estimate of drug-likeness (QED) is 0.582. The van der Waals surface area contributed by atoms with Crippen molar-refractivity contribution in [1.82, 2.24) is 10.3 Å². The van der Waals surface area contributed by atoms with Gasteiger partial charge in [-0.05, 0) is 61.4 Å². The molecule has 1 N–H and O–H groups in total. The number of nitrogens with zero attached hydrogens (tertiary/aromatic N) is 2. The van der Waals surface area contributed by atoms with E-state index >= 15 is 0 Å². The van der Waals surface area contributed by atoms with Crippen LogP contribution in [0.2, 0.25) is 0 Å². The fourth-order valence-electron chi connectivity index (χ4n) is 3.08.